The van der Waals surface area contributed by atoms with E-state index in [9.17, 15) is 4.79 Å². The summed E-state index contributed by atoms with van der Waals surface area (Å²) in [5.41, 5.74) is 1.16. The van der Waals surface area contributed by atoms with Gasteiger partial charge in [-0.2, -0.15) is 0 Å². The second kappa shape index (κ2) is 6.23. The van der Waals surface area contributed by atoms with E-state index in [1.807, 2.05) is 25.1 Å². The largest absolute Gasteiger partial charge is 0.494 e. The van der Waals surface area contributed by atoms with Crippen molar-refractivity contribution in [1.82, 2.24) is 5.32 Å². The summed E-state index contributed by atoms with van der Waals surface area (Å²) in [6, 6.07) is 12.3. The van der Waals surface area contributed by atoms with Gasteiger partial charge in [0.15, 0.2) is 0 Å². The van der Waals surface area contributed by atoms with Crippen LogP contribution in [0.2, 0.25) is 0 Å². The zero-order valence-corrected chi connectivity index (χ0v) is 11.4. The van der Waals surface area contributed by atoms with Gasteiger partial charge in [-0.25, -0.2) is 0 Å². The lowest BCUT2D eigenvalue weighted by Gasteiger charge is -2.13. The Morgan fingerprint density at radius 1 is 1.21 bits per heavy atom. The van der Waals surface area contributed by atoms with Gasteiger partial charge >= 0.3 is 0 Å². The van der Waals surface area contributed by atoms with Crippen LogP contribution in [0.25, 0.3) is 10.8 Å². The maximum atomic E-state index is 11.0. The van der Waals surface area contributed by atoms with Crippen molar-refractivity contribution in [1.29, 1.82) is 0 Å². The minimum absolute atomic E-state index is 0.00167. The highest BCUT2D eigenvalue weighted by Crippen LogP contribution is 2.28. The topological polar surface area (TPSA) is 38.3 Å². The first-order valence-electron chi connectivity index (χ1n) is 6.60. The summed E-state index contributed by atoms with van der Waals surface area (Å²) in [5, 5.41) is 5.22. The van der Waals surface area contributed by atoms with E-state index < -0.39 is 0 Å². The molecular formula is C16H19NO2. The molecule has 0 fully saturated rings. The molecule has 0 saturated heterocycles. The quantitative estimate of drug-likeness (QED) is 0.894. The van der Waals surface area contributed by atoms with Crippen LogP contribution in [0.3, 0.4) is 0 Å². The molecule has 0 radical (unpaired) electrons. The fourth-order valence-corrected chi connectivity index (χ4v) is 2.23. The first-order chi connectivity index (χ1) is 9.22. The monoisotopic (exact) mass is 257 g/mol. The molecule has 3 heteroatoms. The standard InChI is InChI=1S/C16H19NO2/c1-3-19-16-9-8-13-6-4-5-7-14(13)15(16)10-11-17-12(2)18/h4-9H,3,10-11H2,1-2H3,(H,17,18). The van der Waals surface area contributed by atoms with E-state index in [4.69, 9.17) is 4.74 Å². The summed E-state index contributed by atoms with van der Waals surface area (Å²) in [6.45, 7) is 4.79. The number of hydrogen-bond donors (Lipinski definition) is 1. The minimum atomic E-state index is -0.00167. The number of rotatable bonds is 5. The zero-order chi connectivity index (χ0) is 13.7. The molecule has 0 spiro atoms. The molecule has 19 heavy (non-hydrogen) atoms. The summed E-state index contributed by atoms with van der Waals surface area (Å²) in [5.74, 6) is 0.907. The van der Waals surface area contributed by atoms with Gasteiger partial charge in [0.2, 0.25) is 5.91 Å². The second-order valence-corrected chi connectivity index (χ2v) is 4.43. The lowest BCUT2D eigenvalue weighted by atomic mass is 10.0. The van der Waals surface area contributed by atoms with Gasteiger partial charge in [0.25, 0.3) is 0 Å². The molecule has 1 N–H and O–H groups in total. The van der Waals surface area contributed by atoms with Gasteiger partial charge in [0.05, 0.1) is 6.61 Å². The first kappa shape index (κ1) is 13.4. The number of nitrogens with one attached hydrogen (secondary N) is 1. The van der Waals surface area contributed by atoms with Crippen molar-refractivity contribution in [3.8, 4) is 5.75 Å². The predicted octanol–water partition coefficient (Wildman–Crippen LogP) is 2.92. The van der Waals surface area contributed by atoms with Crippen molar-refractivity contribution in [2.24, 2.45) is 0 Å². The molecule has 0 aliphatic heterocycles. The van der Waals surface area contributed by atoms with Crippen LogP contribution in [0.5, 0.6) is 5.75 Å². The summed E-state index contributed by atoms with van der Waals surface area (Å²) in [4.78, 5) is 11.0. The van der Waals surface area contributed by atoms with Crippen LogP contribution < -0.4 is 10.1 Å². The molecule has 0 bridgehead atoms. The third-order valence-electron chi connectivity index (χ3n) is 3.05. The van der Waals surface area contributed by atoms with Gasteiger partial charge in [-0.1, -0.05) is 30.3 Å². The van der Waals surface area contributed by atoms with E-state index in [0.717, 1.165) is 17.7 Å². The van der Waals surface area contributed by atoms with Crippen molar-refractivity contribution in [3.05, 3.63) is 42.0 Å². The van der Waals surface area contributed by atoms with E-state index in [1.165, 1.54) is 17.7 Å². The molecule has 2 rings (SSSR count). The summed E-state index contributed by atoms with van der Waals surface area (Å²) >= 11 is 0. The highest BCUT2D eigenvalue weighted by atomic mass is 16.5. The fourth-order valence-electron chi connectivity index (χ4n) is 2.23. The van der Waals surface area contributed by atoms with Gasteiger partial charge in [-0.05, 0) is 30.2 Å². The van der Waals surface area contributed by atoms with Crippen LogP contribution in [-0.2, 0) is 11.2 Å². The Balaban J connectivity index is 2.34. The first-order valence-corrected chi connectivity index (χ1v) is 6.60. The third kappa shape index (κ3) is 3.25. The van der Waals surface area contributed by atoms with Crippen molar-refractivity contribution in [2.45, 2.75) is 20.3 Å². The van der Waals surface area contributed by atoms with Gasteiger partial charge in [-0.3, -0.25) is 4.79 Å². The number of fused-ring (bicyclic) bond motifs is 1. The molecule has 3 nitrogen and oxygen atoms in total. The maximum absolute atomic E-state index is 11.0. The number of carbonyl (C=O) groups excluding carboxylic acids is 1. The smallest absolute Gasteiger partial charge is 0.216 e. The Bertz CT molecular complexity index is 578. The molecular weight excluding hydrogens is 238 g/mol. The molecule has 2 aromatic rings. The van der Waals surface area contributed by atoms with E-state index in [2.05, 4.69) is 23.5 Å². The third-order valence-corrected chi connectivity index (χ3v) is 3.05. The Morgan fingerprint density at radius 2 is 2.00 bits per heavy atom. The van der Waals surface area contributed by atoms with Crippen molar-refractivity contribution in [2.75, 3.05) is 13.2 Å². The number of hydrogen-bond acceptors (Lipinski definition) is 2. The van der Waals surface area contributed by atoms with E-state index in [1.54, 1.807) is 0 Å². The SMILES string of the molecule is CCOc1ccc2ccccc2c1CCNC(C)=O. The fraction of sp³-hybridized carbons (Fsp3) is 0.312. The lowest BCUT2D eigenvalue weighted by Crippen LogP contribution is -2.22. The van der Waals surface area contributed by atoms with E-state index in [-0.39, 0.29) is 5.91 Å². The summed E-state index contributed by atoms with van der Waals surface area (Å²) < 4.78 is 5.69. The molecule has 2 aromatic carbocycles. The molecule has 100 valence electrons. The van der Waals surface area contributed by atoms with Gasteiger partial charge in [0.1, 0.15) is 5.75 Å². The van der Waals surface area contributed by atoms with Gasteiger partial charge in [-0.15, -0.1) is 0 Å². The number of carbonyl (C=O) groups is 1. The number of amides is 1. The van der Waals surface area contributed by atoms with Crippen LogP contribution in [-0.4, -0.2) is 19.1 Å². The zero-order valence-electron chi connectivity index (χ0n) is 11.4. The van der Waals surface area contributed by atoms with Crippen molar-refractivity contribution in [3.63, 3.8) is 0 Å². The molecule has 0 atom stereocenters. The Hall–Kier alpha value is -2.03. The van der Waals surface area contributed by atoms with Crippen molar-refractivity contribution < 1.29 is 9.53 Å². The molecule has 0 saturated carbocycles. The Morgan fingerprint density at radius 3 is 2.74 bits per heavy atom. The molecule has 1 amide bonds. The van der Waals surface area contributed by atoms with Crippen LogP contribution in [0, 0.1) is 0 Å². The van der Waals surface area contributed by atoms with Crippen molar-refractivity contribution >= 4 is 16.7 Å². The molecule has 0 aliphatic carbocycles. The highest BCUT2D eigenvalue weighted by Gasteiger charge is 2.08. The Kier molecular flexibility index (Phi) is 4.39. The lowest BCUT2D eigenvalue weighted by molar-refractivity contribution is -0.118. The van der Waals surface area contributed by atoms with Crippen LogP contribution in [0.15, 0.2) is 36.4 Å². The average Bonchev–Trinajstić information content (AvgIpc) is 2.40. The van der Waals surface area contributed by atoms with E-state index >= 15 is 0 Å². The second-order valence-electron chi connectivity index (χ2n) is 4.43. The molecule has 0 heterocycles. The van der Waals surface area contributed by atoms with Gasteiger partial charge in [0, 0.05) is 19.0 Å². The summed E-state index contributed by atoms with van der Waals surface area (Å²) in [7, 11) is 0. The summed E-state index contributed by atoms with van der Waals surface area (Å²) in [6.07, 6.45) is 0.774. The minimum Gasteiger partial charge on any atom is -0.494 e. The van der Waals surface area contributed by atoms with E-state index in [0.29, 0.717) is 13.2 Å². The number of ether oxygens (including phenoxy) is 1. The molecule has 0 aliphatic rings. The molecule has 0 unspecified atom stereocenters. The predicted molar refractivity (Wildman–Crippen MR) is 77.5 cm³/mol. The normalized spacial score (nSPS) is 10.4. The van der Waals surface area contributed by atoms with Crippen LogP contribution in [0.1, 0.15) is 19.4 Å². The average molecular weight is 257 g/mol. The number of benzene rings is 2. The maximum Gasteiger partial charge on any atom is 0.216 e. The van der Waals surface area contributed by atoms with Crippen LogP contribution in [0.4, 0.5) is 0 Å². The Labute approximate surface area is 113 Å². The molecule has 0 aromatic heterocycles. The van der Waals surface area contributed by atoms with Gasteiger partial charge < -0.3 is 10.1 Å². The van der Waals surface area contributed by atoms with Crippen LogP contribution >= 0.6 is 0 Å². The highest BCUT2D eigenvalue weighted by molar-refractivity contribution is 5.87.